The molecular weight excluding hydrogens is 432 g/mol. The van der Waals surface area contributed by atoms with Crippen molar-refractivity contribution in [2.45, 2.75) is 66.6 Å². The Hall–Kier alpha value is -3.28. The second-order valence-electron chi connectivity index (χ2n) is 8.74. The molecule has 0 saturated heterocycles. The zero-order chi connectivity index (χ0) is 24.8. The molecule has 0 saturated carbocycles. The van der Waals surface area contributed by atoms with Crippen molar-refractivity contribution < 1.29 is 28.5 Å². The minimum absolute atomic E-state index is 0.198. The standard InChI is InChI=1S/C28H34O6/c1-7-19-13-20(8-2)26-23(14-19)27(31-15-24(29)33-17(3)4)21-11-9-10-12-22(21)28(26)32-16-25(30)34-18(5)6/h9-14,17-18H,7-8,15-16H2,1-6H3. The highest BCUT2D eigenvalue weighted by molar-refractivity contribution is 6.12. The fourth-order valence-electron chi connectivity index (χ4n) is 4.02. The molecule has 182 valence electrons. The molecule has 3 aromatic rings. The second-order valence-corrected chi connectivity index (χ2v) is 8.74. The average Bonchev–Trinajstić information content (AvgIpc) is 2.79. The fraction of sp³-hybridized carbons (Fsp3) is 0.429. The van der Waals surface area contributed by atoms with Crippen LogP contribution in [0.4, 0.5) is 0 Å². The molecule has 0 N–H and O–H groups in total. The molecule has 34 heavy (non-hydrogen) atoms. The van der Waals surface area contributed by atoms with Crippen LogP contribution in [-0.4, -0.2) is 37.4 Å². The van der Waals surface area contributed by atoms with Gasteiger partial charge in [0.1, 0.15) is 11.5 Å². The first kappa shape index (κ1) is 25.3. The first-order valence-corrected chi connectivity index (χ1v) is 11.9. The summed E-state index contributed by atoms with van der Waals surface area (Å²) in [7, 11) is 0. The van der Waals surface area contributed by atoms with Crippen LogP contribution in [0.2, 0.25) is 0 Å². The molecule has 3 rings (SSSR count). The molecule has 0 bridgehead atoms. The number of carbonyl (C=O) groups is 2. The third-order valence-electron chi connectivity index (χ3n) is 5.36. The second kappa shape index (κ2) is 11.2. The van der Waals surface area contributed by atoms with Gasteiger partial charge in [-0.05, 0) is 57.7 Å². The van der Waals surface area contributed by atoms with Gasteiger partial charge < -0.3 is 18.9 Å². The van der Waals surface area contributed by atoms with E-state index in [0.717, 1.165) is 45.5 Å². The lowest BCUT2D eigenvalue weighted by molar-refractivity contribution is -0.150. The summed E-state index contributed by atoms with van der Waals surface area (Å²) in [6, 6.07) is 11.9. The monoisotopic (exact) mass is 466 g/mol. The first-order chi connectivity index (χ1) is 16.2. The predicted octanol–water partition coefficient (Wildman–Crippen LogP) is 5.78. The summed E-state index contributed by atoms with van der Waals surface area (Å²) < 4.78 is 22.8. The van der Waals surface area contributed by atoms with Crippen LogP contribution in [-0.2, 0) is 31.9 Å². The van der Waals surface area contributed by atoms with Crippen molar-refractivity contribution in [3.05, 3.63) is 47.5 Å². The third-order valence-corrected chi connectivity index (χ3v) is 5.36. The molecule has 3 aromatic carbocycles. The molecule has 0 atom stereocenters. The number of esters is 2. The highest BCUT2D eigenvalue weighted by Gasteiger charge is 2.21. The smallest absolute Gasteiger partial charge is 0.344 e. The third kappa shape index (κ3) is 5.79. The first-order valence-electron chi connectivity index (χ1n) is 11.9. The van der Waals surface area contributed by atoms with Gasteiger partial charge in [0.2, 0.25) is 0 Å². The van der Waals surface area contributed by atoms with E-state index in [1.165, 1.54) is 0 Å². The van der Waals surface area contributed by atoms with Gasteiger partial charge in [-0.1, -0.05) is 44.2 Å². The Kier molecular flexibility index (Phi) is 8.37. The topological polar surface area (TPSA) is 71.1 Å². The van der Waals surface area contributed by atoms with E-state index in [1.54, 1.807) is 27.7 Å². The maximum absolute atomic E-state index is 12.3. The summed E-state index contributed by atoms with van der Waals surface area (Å²) >= 11 is 0. The van der Waals surface area contributed by atoms with E-state index in [4.69, 9.17) is 18.9 Å². The number of ether oxygens (including phenoxy) is 4. The van der Waals surface area contributed by atoms with Gasteiger partial charge in [0.15, 0.2) is 13.2 Å². The van der Waals surface area contributed by atoms with Gasteiger partial charge in [-0.25, -0.2) is 9.59 Å². The number of benzene rings is 3. The molecule has 0 spiro atoms. The fourth-order valence-corrected chi connectivity index (χ4v) is 4.02. The molecule has 6 nitrogen and oxygen atoms in total. The lowest BCUT2D eigenvalue weighted by Gasteiger charge is -2.20. The molecule has 0 aliphatic rings. The van der Waals surface area contributed by atoms with Crippen LogP contribution in [0.25, 0.3) is 21.5 Å². The highest BCUT2D eigenvalue weighted by atomic mass is 16.6. The molecule has 0 radical (unpaired) electrons. The Morgan fingerprint density at radius 3 is 1.76 bits per heavy atom. The van der Waals surface area contributed by atoms with Crippen LogP contribution in [0.5, 0.6) is 11.5 Å². The summed E-state index contributed by atoms with van der Waals surface area (Å²) in [5, 5.41) is 3.33. The van der Waals surface area contributed by atoms with Gasteiger partial charge >= 0.3 is 11.9 Å². The van der Waals surface area contributed by atoms with Crippen molar-refractivity contribution in [2.75, 3.05) is 13.2 Å². The van der Waals surface area contributed by atoms with E-state index in [1.807, 2.05) is 24.3 Å². The van der Waals surface area contributed by atoms with Crippen LogP contribution in [0, 0.1) is 0 Å². The number of aryl methyl sites for hydroxylation is 2. The van der Waals surface area contributed by atoms with Gasteiger partial charge in [0.25, 0.3) is 0 Å². The highest BCUT2D eigenvalue weighted by Crippen LogP contribution is 2.45. The zero-order valence-electron chi connectivity index (χ0n) is 20.9. The molecule has 0 aliphatic heterocycles. The van der Waals surface area contributed by atoms with Gasteiger partial charge in [0.05, 0.1) is 12.2 Å². The Morgan fingerprint density at radius 2 is 1.26 bits per heavy atom. The van der Waals surface area contributed by atoms with Gasteiger partial charge in [0, 0.05) is 21.5 Å². The summed E-state index contributed by atoms with van der Waals surface area (Å²) in [5.74, 6) is 0.370. The van der Waals surface area contributed by atoms with Crippen molar-refractivity contribution in [3.63, 3.8) is 0 Å². The Balaban J connectivity index is 2.20. The minimum Gasteiger partial charge on any atom is -0.481 e. The quantitative estimate of drug-likeness (QED) is 0.279. The van der Waals surface area contributed by atoms with Crippen LogP contribution >= 0.6 is 0 Å². The molecule has 0 unspecified atom stereocenters. The number of carbonyl (C=O) groups excluding carboxylic acids is 2. The van der Waals surface area contributed by atoms with Crippen LogP contribution in [0.3, 0.4) is 0 Å². The molecule has 0 heterocycles. The molecular formula is C28H34O6. The summed E-state index contributed by atoms with van der Waals surface area (Å²) in [6.07, 6.45) is 1.18. The van der Waals surface area contributed by atoms with E-state index in [9.17, 15) is 9.59 Å². The van der Waals surface area contributed by atoms with E-state index in [2.05, 4.69) is 26.0 Å². The normalized spacial score (nSPS) is 11.3. The molecule has 0 fully saturated rings. The number of hydrogen-bond acceptors (Lipinski definition) is 6. The molecule has 6 heteroatoms. The lowest BCUT2D eigenvalue weighted by Crippen LogP contribution is -2.19. The Labute approximate surface area is 201 Å². The Bertz CT molecular complexity index is 1180. The molecule has 0 aliphatic carbocycles. The predicted molar refractivity (Wildman–Crippen MR) is 134 cm³/mol. The van der Waals surface area contributed by atoms with Crippen LogP contribution in [0.15, 0.2) is 36.4 Å². The van der Waals surface area contributed by atoms with Crippen molar-refractivity contribution in [1.82, 2.24) is 0 Å². The van der Waals surface area contributed by atoms with E-state index < -0.39 is 11.9 Å². The van der Waals surface area contributed by atoms with Gasteiger partial charge in [-0.15, -0.1) is 0 Å². The summed E-state index contributed by atoms with van der Waals surface area (Å²) in [4.78, 5) is 24.5. The SMILES string of the molecule is CCc1cc(CC)c2c(OCC(=O)OC(C)C)c3ccccc3c(OCC(=O)OC(C)C)c2c1. The average molecular weight is 467 g/mol. The van der Waals surface area contributed by atoms with E-state index >= 15 is 0 Å². The van der Waals surface area contributed by atoms with Crippen molar-refractivity contribution in [1.29, 1.82) is 0 Å². The molecule has 0 aromatic heterocycles. The summed E-state index contributed by atoms with van der Waals surface area (Å²) in [6.45, 7) is 11.0. The van der Waals surface area contributed by atoms with E-state index in [0.29, 0.717) is 11.5 Å². The van der Waals surface area contributed by atoms with Crippen molar-refractivity contribution in [2.24, 2.45) is 0 Å². The Morgan fingerprint density at radius 1 is 0.735 bits per heavy atom. The number of rotatable bonds is 10. The summed E-state index contributed by atoms with van der Waals surface area (Å²) in [5.41, 5.74) is 2.24. The van der Waals surface area contributed by atoms with Gasteiger partial charge in [-0.3, -0.25) is 0 Å². The van der Waals surface area contributed by atoms with Crippen LogP contribution in [0.1, 0.15) is 52.7 Å². The lowest BCUT2D eigenvalue weighted by atomic mass is 9.93. The van der Waals surface area contributed by atoms with Crippen LogP contribution < -0.4 is 9.47 Å². The maximum atomic E-state index is 12.3. The van der Waals surface area contributed by atoms with Crippen molar-refractivity contribution in [3.8, 4) is 11.5 Å². The minimum atomic E-state index is -0.425. The van der Waals surface area contributed by atoms with Gasteiger partial charge in [-0.2, -0.15) is 0 Å². The van der Waals surface area contributed by atoms with Crippen molar-refractivity contribution >= 4 is 33.5 Å². The van der Waals surface area contributed by atoms with E-state index in [-0.39, 0.29) is 25.4 Å². The number of fused-ring (bicyclic) bond motifs is 2. The largest absolute Gasteiger partial charge is 0.481 e. The maximum Gasteiger partial charge on any atom is 0.344 e. The number of hydrogen-bond donors (Lipinski definition) is 0. The molecule has 0 amide bonds. The zero-order valence-corrected chi connectivity index (χ0v) is 20.9.